The highest BCUT2D eigenvalue weighted by Crippen LogP contribution is 1.91. The second-order valence-electron chi connectivity index (χ2n) is 2.11. The zero-order valence-electron chi connectivity index (χ0n) is 6.91. The first kappa shape index (κ1) is 9.21. The third-order valence-electron chi connectivity index (χ3n) is 1.14. The van der Waals surface area contributed by atoms with Gasteiger partial charge in [-0.1, -0.05) is 17.4 Å². The highest BCUT2D eigenvalue weighted by molar-refractivity contribution is 5.13. The van der Waals surface area contributed by atoms with Gasteiger partial charge in [-0.25, -0.2) is 5.06 Å². The normalized spacial score (nSPS) is 13.5. The molecule has 2 heterocycles. The molecule has 0 aromatic carbocycles. The van der Waals surface area contributed by atoms with Crippen molar-refractivity contribution in [1.82, 2.24) is 20.5 Å². The number of aromatic amines is 1. The van der Waals surface area contributed by atoms with E-state index in [0.29, 0.717) is 0 Å². The van der Waals surface area contributed by atoms with E-state index in [-0.39, 0.29) is 0 Å². The summed E-state index contributed by atoms with van der Waals surface area (Å²) in [7, 11) is 0. The van der Waals surface area contributed by atoms with Crippen LogP contribution in [0, 0.1) is 0 Å². The Kier molecular flexibility index (Phi) is 4.06. The van der Waals surface area contributed by atoms with Crippen LogP contribution in [0.2, 0.25) is 0 Å². The van der Waals surface area contributed by atoms with Gasteiger partial charge in [-0.15, -0.1) is 5.10 Å². The maximum atomic E-state index is 8.71. The van der Waals surface area contributed by atoms with Crippen LogP contribution in [-0.2, 0) is 0 Å². The summed E-state index contributed by atoms with van der Waals surface area (Å²) in [6, 6.07) is 0. The second kappa shape index (κ2) is 5.73. The molecular weight excluding hydrogens is 168 g/mol. The minimum Gasteiger partial charge on any atom is -0.285 e. The molecule has 0 saturated carbocycles. The number of allylic oxidation sites excluding steroid dienone is 4. The van der Waals surface area contributed by atoms with Crippen LogP contribution in [0.15, 0.2) is 49.1 Å². The fraction of sp³-hybridized carbons (Fsp3) is 0. The summed E-state index contributed by atoms with van der Waals surface area (Å²) in [5.74, 6) is 0. The lowest BCUT2D eigenvalue weighted by Crippen LogP contribution is -1.98. The highest BCUT2D eigenvalue weighted by atomic mass is 16.5. The van der Waals surface area contributed by atoms with Crippen molar-refractivity contribution in [2.75, 3.05) is 0 Å². The van der Waals surface area contributed by atoms with Crippen molar-refractivity contribution in [1.29, 1.82) is 0 Å². The summed E-state index contributed by atoms with van der Waals surface area (Å²) in [4.78, 5) is 0. The zero-order chi connectivity index (χ0) is 9.36. The summed E-state index contributed by atoms with van der Waals surface area (Å²) in [5.41, 5.74) is 0. The topological polar surface area (TPSA) is 65.0 Å². The Hall–Kier alpha value is -1.88. The number of rotatable bonds is 0. The molecule has 1 aliphatic heterocycles. The molecule has 2 rings (SSSR count). The van der Waals surface area contributed by atoms with Gasteiger partial charge < -0.3 is 0 Å². The highest BCUT2D eigenvalue weighted by Gasteiger charge is 1.81. The predicted octanol–water partition coefficient (Wildman–Crippen LogP) is 1.08. The predicted molar refractivity (Wildman–Crippen MR) is 47.4 cm³/mol. The summed E-state index contributed by atoms with van der Waals surface area (Å²) in [5, 5.41) is 19.0. The molecule has 0 bridgehead atoms. The van der Waals surface area contributed by atoms with Gasteiger partial charge in [0.05, 0.1) is 6.20 Å². The number of hydrogen-bond donors (Lipinski definition) is 2. The van der Waals surface area contributed by atoms with Crippen LogP contribution in [0.25, 0.3) is 0 Å². The molecule has 1 aromatic heterocycles. The molecule has 0 amide bonds. The molecule has 0 atom stereocenters. The van der Waals surface area contributed by atoms with Crippen LogP contribution in [-0.4, -0.2) is 25.7 Å². The monoisotopic (exact) mass is 178 g/mol. The molecular formula is C8H10N4O. The number of hydroxylamine groups is 2. The van der Waals surface area contributed by atoms with E-state index >= 15 is 0 Å². The average Bonchev–Trinajstić information content (AvgIpc) is 2.62. The van der Waals surface area contributed by atoms with Gasteiger partial charge >= 0.3 is 0 Å². The van der Waals surface area contributed by atoms with Crippen LogP contribution >= 0.6 is 0 Å². The van der Waals surface area contributed by atoms with Gasteiger partial charge in [0.1, 0.15) is 0 Å². The first-order chi connectivity index (χ1) is 6.39. The Bertz CT molecular complexity index is 256. The van der Waals surface area contributed by atoms with Gasteiger partial charge in [-0.3, -0.25) is 10.3 Å². The van der Waals surface area contributed by atoms with Crippen LogP contribution in [0.3, 0.4) is 0 Å². The molecule has 0 radical (unpaired) electrons. The lowest BCUT2D eigenvalue weighted by atomic mass is 10.5. The van der Waals surface area contributed by atoms with Gasteiger partial charge in [-0.2, -0.15) is 0 Å². The Balaban J connectivity index is 0.000000145. The largest absolute Gasteiger partial charge is 0.285 e. The SMILES string of the molecule is ON1C=CC=CC=C1.c1c[nH]nn1. The summed E-state index contributed by atoms with van der Waals surface area (Å²) in [6.45, 7) is 0. The van der Waals surface area contributed by atoms with Gasteiger partial charge in [-0.05, 0) is 12.2 Å². The van der Waals surface area contributed by atoms with Crippen molar-refractivity contribution < 1.29 is 5.21 Å². The number of hydrogen-bond acceptors (Lipinski definition) is 4. The van der Waals surface area contributed by atoms with Crippen molar-refractivity contribution in [2.24, 2.45) is 0 Å². The van der Waals surface area contributed by atoms with E-state index in [2.05, 4.69) is 15.4 Å². The first-order valence-electron chi connectivity index (χ1n) is 3.69. The van der Waals surface area contributed by atoms with E-state index in [9.17, 15) is 0 Å². The van der Waals surface area contributed by atoms with E-state index in [1.807, 2.05) is 12.2 Å². The van der Waals surface area contributed by atoms with Crippen LogP contribution in [0.4, 0.5) is 0 Å². The fourth-order valence-electron chi connectivity index (χ4n) is 0.620. The Morgan fingerprint density at radius 3 is 2.15 bits per heavy atom. The quantitative estimate of drug-likeness (QED) is 0.624. The fourth-order valence-corrected chi connectivity index (χ4v) is 0.620. The minimum absolute atomic E-state index is 1.00. The van der Waals surface area contributed by atoms with Crippen molar-refractivity contribution >= 4 is 0 Å². The third-order valence-corrected chi connectivity index (χ3v) is 1.14. The molecule has 0 saturated heterocycles. The summed E-state index contributed by atoms with van der Waals surface area (Å²) in [6.07, 6.45) is 13.5. The van der Waals surface area contributed by atoms with Crippen LogP contribution < -0.4 is 0 Å². The Morgan fingerprint density at radius 2 is 1.77 bits per heavy atom. The molecule has 1 aromatic rings. The molecule has 0 unspecified atom stereocenters. The number of nitrogens with zero attached hydrogens (tertiary/aromatic N) is 3. The van der Waals surface area contributed by atoms with Gasteiger partial charge in [0.2, 0.25) is 0 Å². The van der Waals surface area contributed by atoms with Crippen molar-refractivity contribution in [2.45, 2.75) is 0 Å². The number of nitrogens with one attached hydrogen (secondary N) is 1. The second-order valence-corrected chi connectivity index (χ2v) is 2.11. The van der Waals surface area contributed by atoms with E-state index in [0.717, 1.165) is 5.06 Å². The lowest BCUT2D eigenvalue weighted by Gasteiger charge is -1.99. The molecule has 0 fully saturated rings. The molecule has 1 aliphatic rings. The van der Waals surface area contributed by atoms with Gasteiger partial charge in [0.25, 0.3) is 0 Å². The molecule has 13 heavy (non-hydrogen) atoms. The lowest BCUT2D eigenvalue weighted by molar-refractivity contribution is 0.0118. The van der Waals surface area contributed by atoms with Crippen LogP contribution in [0.5, 0.6) is 0 Å². The molecule has 0 aliphatic carbocycles. The number of H-pyrrole nitrogens is 1. The minimum atomic E-state index is 1.00. The Labute approximate surface area is 75.6 Å². The summed E-state index contributed by atoms with van der Waals surface area (Å²) >= 11 is 0. The molecule has 2 N–H and O–H groups in total. The van der Waals surface area contributed by atoms with Crippen LogP contribution in [0.1, 0.15) is 0 Å². The van der Waals surface area contributed by atoms with E-state index in [4.69, 9.17) is 5.21 Å². The van der Waals surface area contributed by atoms with Crippen molar-refractivity contribution in [3.05, 3.63) is 49.1 Å². The van der Waals surface area contributed by atoms with E-state index in [1.54, 1.807) is 36.9 Å². The standard InChI is InChI=1S/C6H7NO.C2H3N3/c8-7-5-3-1-2-4-6-7;1-2-4-5-3-1/h1-6,8H;1-2H,(H,3,4,5). The van der Waals surface area contributed by atoms with Crippen molar-refractivity contribution in [3.63, 3.8) is 0 Å². The number of aromatic nitrogens is 3. The first-order valence-corrected chi connectivity index (χ1v) is 3.69. The third kappa shape index (κ3) is 4.54. The van der Waals surface area contributed by atoms with Gasteiger partial charge in [0, 0.05) is 18.6 Å². The molecule has 5 nitrogen and oxygen atoms in total. The smallest absolute Gasteiger partial charge is 0.0690 e. The van der Waals surface area contributed by atoms with E-state index in [1.165, 1.54) is 0 Å². The molecule has 0 spiro atoms. The van der Waals surface area contributed by atoms with Crippen molar-refractivity contribution in [3.8, 4) is 0 Å². The van der Waals surface area contributed by atoms with Gasteiger partial charge in [0.15, 0.2) is 0 Å². The average molecular weight is 178 g/mol. The summed E-state index contributed by atoms with van der Waals surface area (Å²) < 4.78 is 0. The Morgan fingerprint density at radius 1 is 1.08 bits per heavy atom. The maximum Gasteiger partial charge on any atom is 0.0690 e. The molecule has 5 heteroatoms. The zero-order valence-corrected chi connectivity index (χ0v) is 6.91. The maximum absolute atomic E-state index is 8.71. The molecule has 68 valence electrons. The van der Waals surface area contributed by atoms with E-state index < -0.39 is 0 Å².